The van der Waals surface area contributed by atoms with Crippen molar-refractivity contribution >= 4 is 0 Å². The smallest absolute Gasteiger partial charge is 0.416 e. The molecule has 0 spiro atoms. The zero-order valence-corrected chi connectivity index (χ0v) is 14.7. The minimum absolute atomic E-state index is 0.290. The van der Waals surface area contributed by atoms with Crippen LogP contribution in [0.15, 0.2) is 63.7 Å². The molecule has 0 aliphatic rings. The van der Waals surface area contributed by atoms with Crippen molar-refractivity contribution < 1.29 is 22.1 Å². The lowest BCUT2D eigenvalue weighted by molar-refractivity contribution is -0.137. The Morgan fingerprint density at radius 2 is 1.57 bits per heavy atom. The second-order valence-electron chi connectivity index (χ2n) is 6.24. The van der Waals surface area contributed by atoms with Crippen LogP contribution < -0.4 is 0 Å². The van der Waals surface area contributed by atoms with Gasteiger partial charge in [0.1, 0.15) is 11.3 Å². The molecule has 2 aromatic carbocycles. The number of hydrogen-bond acceptors (Lipinski definition) is 5. The Morgan fingerprint density at radius 1 is 0.893 bits per heavy atom. The highest BCUT2D eigenvalue weighted by Crippen LogP contribution is 2.31. The highest BCUT2D eigenvalue weighted by molar-refractivity contribution is 5.62. The Balaban J connectivity index is 1.63. The molecule has 0 aliphatic carbocycles. The Morgan fingerprint density at radius 3 is 2.21 bits per heavy atom. The average molecular weight is 385 g/mol. The molecule has 0 aliphatic heterocycles. The predicted octanol–water partition coefficient (Wildman–Crippen LogP) is 5.31. The molecule has 0 amide bonds. The molecule has 2 heterocycles. The second kappa shape index (κ2) is 6.95. The topological polar surface area (TPSA) is 65.0 Å². The van der Waals surface area contributed by atoms with Crippen molar-refractivity contribution in [3.05, 3.63) is 77.2 Å². The van der Waals surface area contributed by atoms with E-state index in [1.165, 1.54) is 18.3 Å². The normalized spacial score (nSPS) is 11.7. The fraction of sp³-hybridized carbons (Fsp3) is 0.150. The van der Waals surface area contributed by atoms with Crippen LogP contribution in [0, 0.1) is 6.92 Å². The van der Waals surface area contributed by atoms with Crippen LogP contribution in [0.3, 0.4) is 0 Å². The van der Waals surface area contributed by atoms with Gasteiger partial charge >= 0.3 is 6.18 Å². The molecule has 0 radical (unpaired) electrons. The molecule has 0 atom stereocenters. The molecule has 0 bridgehead atoms. The van der Waals surface area contributed by atoms with E-state index in [1.54, 1.807) is 6.92 Å². The summed E-state index contributed by atoms with van der Waals surface area (Å²) in [6.45, 7) is 1.74. The first kappa shape index (κ1) is 18.0. The van der Waals surface area contributed by atoms with Crippen LogP contribution in [0.2, 0.25) is 0 Å². The lowest BCUT2D eigenvalue weighted by atomic mass is 9.99. The van der Waals surface area contributed by atoms with E-state index in [2.05, 4.69) is 15.4 Å². The molecular weight excluding hydrogens is 371 g/mol. The van der Waals surface area contributed by atoms with Gasteiger partial charge in [-0.1, -0.05) is 35.5 Å². The number of aryl methyl sites for hydroxylation is 1. The lowest BCUT2D eigenvalue weighted by Crippen LogP contribution is -2.04. The van der Waals surface area contributed by atoms with Crippen molar-refractivity contribution in [2.24, 2.45) is 0 Å². The second-order valence-corrected chi connectivity index (χ2v) is 6.24. The number of halogens is 3. The van der Waals surface area contributed by atoms with Crippen LogP contribution in [0.1, 0.15) is 22.5 Å². The third-order valence-electron chi connectivity index (χ3n) is 4.33. The van der Waals surface area contributed by atoms with E-state index in [-0.39, 0.29) is 5.89 Å². The highest BCUT2D eigenvalue weighted by atomic mass is 19.4. The fourth-order valence-corrected chi connectivity index (χ4v) is 2.86. The van der Waals surface area contributed by atoms with Crippen molar-refractivity contribution in [3.63, 3.8) is 0 Å². The summed E-state index contributed by atoms with van der Waals surface area (Å²) in [7, 11) is 0. The zero-order chi connectivity index (χ0) is 19.7. The van der Waals surface area contributed by atoms with Crippen molar-refractivity contribution in [1.82, 2.24) is 15.4 Å². The summed E-state index contributed by atoms with van der Waals surface area (Å²) in [5.41, 5.74) is 2.26. The molecule has 28 heavy (non-hydrogen) atoms. The first-order chi connectivity index (χ1) is 13.4. The molecule has 4 rings (SSSR count). The zero-order valence-electron chi connectivity index (χ0n) is 14.7. The minimum atomic E-state index is -4.35. The van der Waals surface area contributed by atoms with Gasteiger partial charge in [-0.3, -0.25) is 0 Å². The maximum Gasteiger partial charge on any atom is 0.416 e. The first-order valence-corrected chi connectivity index (χ1v) is 8.41. The van der Waals surface area contributed by atoms with Gasteiger partial charge in [0.05, 0.1) is 11.8 Å². The Bertz CT molecular complexity index is 1100. The number of benzene rings is 2. The quantitative estimate of drug-likeness (QED) is 0.476. The van der Waals surface area contributed by atoms with Crippen LogP contribution in [-0.2, 0) is 12.6 Å². The molecule has 0 saturated carbocycles. The summed E-state index contributed by atoms with van der Waals surface area (Å²) in [4.78, 5) is 0. The van der Waals surface area contributed by atoms with E-state index < -0.39 is 11.7 Å². The van der Waals surface area contributed by atoms with Gasteiger partial charge in [0, 0.05) is 5.56 Å². The van der Waals surface area contributed by atoms with Gasteiger partial charge in [0.2, 0.25) is 5.89 Å². The van der Waals surface area contributed by atoms with E-state index in [9.17, 15) is 13.2 Å². The highest BCUT2D eigenvalue weighted by Gasteiger charge is 2.30. The van der Waals surface area contributed by atoms with Crippen molar-refractivity contribution in [2.75, 3.05) is 0 Å². The third kappa shape index (κ3) is 3.53. The van der Waals surface area contributed by atoms with Gasteiger partial charge in [-0.15, -0.1) is 10.2 Å². The number of alkyl halides is 3. The van der Waals surface area contributed by atoms with E-state index in [0.29, 0.717) is 23.6 Å². The largest absolute Gasteiger partial charge is 0.416 e. The Hall–Kier alpha value is -3.42. The standard InChI is InChI=1S/C20H14F3N3O2/c1-12-17(11-24-28-12)19-26-25-18(27-19)16-5-3-2-4-14(16)10-13-6-8-15(9-7-13)20(21,22)23/h2-9,11H,10H2,1H3. The van der Waals surface area contributed by atoms with Gasteiger partial charge in [0.25, 0.3) is 5.89 Å². The minimum Gasteiger partial charge on any atom is -0.416 e. The third-order valence-corrected chi connectivity index (χ3v) is 4.33. The van der Waals surface area contributed by atoms with Gasteiger partial charge in [0.15, 0.2) is 0 Å². The van der Waals surface area contributed by atoms with Gasteiger partial charge in [-0.2, -0.15) is 13.2 Å². The van der Waals surface area contributed by atoms with E-state index in [4.69, 9.17) is 8.94 Å². The number of aromatic nitrogens is 3. The van der Waals surface area contributed by atoms with Gasteiger partial charge < -0.3 is 8.94 Å². The molecule has 0 fully saturated rings. The number of nitrogens with zero attached hydrogens (tertiary/aromatic N) is 3. The molecule has 8 heteroatoms. The lowest BCUT2D eigenvalue weighted by Gasteiger charge is -2.09. The van der Waals surface area contributed by atoms with Crippen LogP contribution in [-0.4, -0.2) is 15.4 Å². The summed E-state index contributed by atoms with van der Waals surface area (Å²) < 4.78 is 49.0. The average Bonchev–Trinajstić information content (AvgIpc) is 3.31. The maximum absolute atomic E-state index is 12.7. The van der Waals surface area contributed by atoms with Crippen LogP contribution in [0.4, 0.5) is 13.2 Å². The summed E-state index contributed by atoms with van der Waals surface area (Å²) >= 11 is 0. The number of rotatable bonds is 4. The van der Waals surface area contributed by atoms with E-state index >= 15 is 0 Å². The van der Waals surface area contributed by atoms with Crippen molar-refractivity contribution in [3.8, 4) is 22.9 Å². The fourth-order valence-electron chi connectivity index (χ4n) is 2.86. The van der Waals surface area contributed by atoms with Gasteiger partial charge in [-0.25, -0.2) is 0 Å². The van der Waals surface area contributed by atoms with Crippen LogP contribution in [0.25, 0.3) is 22.9 Å². The number of hydrogen-bond donors (Lipinski definition) is 0. The van der Waals surface area contributed by atoms with Crippen molar-refractivity contribution in [2.45, 2.75) is 19.5 Å². The first-order valence-electron chi connectivity index (χ1n) is 8.41. The summed E-state index contributed by atoms with van der Waals surface area (Å²) in [6, 6.07) is 12.5. The van der Waals surface area contributed by atoms with Crippen LogP contribution in [0.5, 0.6) is 0 Å². The molecule has 0 unspecified atom stereocenters. The van der Waals surface area contributed by atoms with E-state index in [0.717, 1.165) is 28.8 Å². The molecular formula is C20H14F3N3O2. The molecule has 142 valence electrons. The maximum atomic E-state index is 12.7. The molecule has 5 nitrogen and oxygen atoms in total. The van der Waals surface area contributed by atoms with Crippen molar-refractivity contribution in [1.29, 1.82) is 0 Å². The van der Waals surface area contributed by atoms with Crippen LogP contribution >= 0.6 is 0 Å². The Kier molecular flexibility index (Phi) is 4.46. The van der Waals surface area contributed by atoms with E-state index in [1.807, 2.05) is 24.3 Å². The molecule has 4 aromatic rings. The summed E-state index contributed by atoms with van der Waals surface area (Å²) in [6.07, 6.45) is -2.42. The molecule has 0 saturated heterocycles. The molecule has 2 aromatic heterocycles. The summed E-state index contributed by atoms with van der Waals surface area (Å²) in [5, 5.41) is 11.8. The SMILES string of the molecule is Cc1oncc1-c1nnc(-c2ccccc2Cc2ccc(C(F)(F)F)cc2)o1. The monoisotopic (exact) mass is 385 g/mol. The van der Waals surface area contributed by atoms with Gasteiger partial charge in [-0.05, 0) is 42.7 Å². The summed E-state index contributed by atoms with van der Waals surface area (Å²) in [5.74, 6) is 1.17. The Labute approximate surface area is 157 Å². The predicted molar refractivity (Wildman–Crippen MR) is 94.2 cm³/mol. The molecule has 0 N–H and O–H groups in total.